The smallest absolute Gasteiger partial charge is 0.407 e. The molecule has 0 aliphatic heterocycles. The summed E-state index contributed by atoms with van der Waals surface area (Å²) in [5, 5.41) is 10.4. The van der Waals surface area contributed by atoms with E-state index < -0.39 is 18.3 Å². The van der Waals surface area contributed by atoms with Crippen LogP contribution >= 0.6 is 0 Å². The van der Waals surface area contributed by atoms with Crippen LogP contribution in [-0.2, 0) is 4.74 Å². The van der Waals surface area contributed by atoms with Gasteiger partial charge in [-0.15, -0.1) is 5.10 Å². The fourth-order valence-corrected chi connectivity index (χ4v) is 3.00. The molecule has 0 unspecified atom stereocenters. The number of carbonyl (C=O) groups excluding carboxylic acids is 1. The Balaban J connectivity index is 1.56. The van der Waals surface area contributed by atoms with Gasteiger partial charge in [0, 0.05) is 24.3 Å². The van der Waals surface area contributed by atoms with Gasteiger partial charge < -0.3 is 20.1 Å². The Morgan fingerprint density at radius 3 is 2.78 bits per heavy atom. The highest BCUT2D eigenvalue weighted by Crippen LogP contribution is 2.23. The van der Waals surface area contributed by atoms with Gasteiger partial charge in [0.25, 0.3) is 0 Å². The number of halogens is 2. The van der Waals surface area contributed by atoms with E-state index in [0.29, 0.717) is 18.0 Å². The van der Waals surface area contributed by atoms with Crippen molar-refractivity contribution in [1.82, 2.24) is 19.9 Å². The van der Waals surface area contributed by atoms with Gasteiger partial charge in [0.1, 0.15) is 11.4 Å². The number of amides is 1. The summed E-state index contributed by atoms with van der Waals surface area (Å²) < 4.78 is 35.7. The Hall–Kier alpha value is -2.65. The number of hydrogen-bond donors (Lipinski definition) is 2. The van der Waals surface area contributed by atoms with E-state index in [9.17, 15) is 13.6 Å². The Morgan fingerprint density at radius 1 is 1.33 bits per heavy atom. The number of pyridine rings is 1. The molecule has 1 saturated carbocycles. The normalized spacial score (nSPS) is 20.1. The number of anilines is 1. The van der Waals surface area contributed by atoms with Gasteiger partial charge in [0.05, 0.1) is 0 Å². The van der Waals surface area contributed by atoms with Crippen LogP contribution in [0.5, 0.6) is 5.75 Å². The zero-order valence-electron chi connectivity index (χ0n) is 15.4. The van der Waals surface area contributed by atoms with E-state index in [1.807, 2.05) is 20.8 Å². The Labute approximate surface area is 155 Å². The number of nitrogens with one attached hydrogen (secondary N) is 2. The summed E-state index contributed by atoms with van der Waals surface area (Å²) in [5.74, 6) is 0.422. The largest absolute Gasteiger partial charge is 0.444 e. The molecular weight excluding hydrogens is 360 g/mol. The van der Waals surface area contributed by atoms with E-state index in [2.05, 4.69) is 25.5 Å². The summed E-state index contributed by atoms with van der Waals surface area (Å²) in [6.07, 6.45) is 3.46. The monoisotopic (exact) mass is 383 g/mol. The van der Waals surface area contributed by atoms with Crippen molar-refractivity contribution in [2.45, 2.75) is 64.3 Å². The number of rotatable bonds is 5. The van der Waals surface area contributed by atoms with Crippen molar-refractivity contribution < 1.29 is 23.0 Å². The minimum Gasteiger partial charge on any atom is -0.444 e. The molecule has 0 aromatic carbocycles. The van der Waals surface area contributed by atoms with Crippen molar-refractivity contribution in [1.29, 1.82) is 0 Å². The van der Waals surface area contributed by atoms with Crippen LogP contribution in [0.2, 0.25) is 0 Å². The van der Waals surface area contributed by atoms with E-state index >= 15 is 0 Å². The first kappa shape index (κ1) is 19.1. The predicted molar refractivity (Wildman–Crippen MR) is 94.0 cm³/mol. The second-order valence-corrected chi connectivity index (χ2v) is 7.48. The first-order valence-corrected chi connectivity index (χ1v) is 8.75. The Bertz CT molecular complexity index is 805. The van der Waals surface area contributed by atoms with Crippen LogP contribution in [0.25, 0.3) is 5.65 Å². The minimum atomic E-state index is -2.89. The zero-order chi connectivity index (χ0) is 19.6. The van der Waals surface area contributed by atoms with Crippen molar-refractivity contribution in [2.75, 3.05) is 5.32 Å². The molecule has 3 rings (SSSR count). The maximum atomic E-state index is 12.3. The van der Waals surface area contributed by atoms with Crippen LogP contribution in [0.1, 0.15) is 40.0 Å². The fraction of sp³-hybridized carbons (Fsp3) is 0.588. The SMILES string of the molecule is CC(C)(C)OC(=O)N[C@H]1CC[C@H](Nc2nc3cc(OC(F)F)ccn3n2)C1. The minimum absolute atomic E-state index is 0.0143. The average Bonchev–Trinajstić information content (AvgIpc) is 3.10. The van der Waals surface area contributed by atoms with Crippen LogP contribution < -0.4 is 15.4 Å². The second-order valence-electron chi connectivity index (χ2n) is 7.48. The third-order valence-electron chi connectivity index (χ3n) is 4.02. The molecule has 0 saturated heterocycles. The number of aromatic nitrogens is 3. The maximum Gasteiger partial charge on any atom is 0.407 e. The van der Waals surface area contributed by atoms with Gasteiger partial charge in [-0.05, 0) is 46.1 Å². The lowest BCUT2D eigenvalue weighted by molar-refractivity contribution is -0.0498. The lowest BCUT2D eigenvalue weighted by Gasteiger charge is -2.21. The van der Waals surface area contributed by atoms with Crippen molar-refractivity contribution in [3.05, 3.63) is 18.3 Å². The van der Waals surface area contributed by atoms with Crippen LogP contribution in [0.3, 0.4) is 0 Å². The highest BCUT2D eigenvalue weighted by atomic mass is 19.3. The fourth-order valence-electron chi connectivity index (χ4n) is 3.00. The first-order valence-electron chi connectivity index (χ1n) is 8.75. The summed E-state index contributed by atoms with van der Waals surface area (Å²) in [6, 6.07) is 2.90. The van der Waals surface area contributed by atoms with Gasteiger partial charge >= 0.3 is 12.7 Å². The van der Waals surface area contributed by atoms with Gasteiger partial charge in [-0.1, -0.05) is 0 Å². The van der Waals surface area contributed by atoms with Crippen molar-refractivity contribution in [3.63, 3.8) is 0 Å². The molecule has 148 valence electrons. The highest BCUT2D eigenvalue weighted by molar-refractivity contribution is 5.68. The molecule has 8 nitrogen and oxygen atoms in total. The number of ether oxygens (including phenoxy) is 2. The predicted octanol–water partition coefficient (Wildman–Crippen LogP) is 3.19. The van der Waals surface area contributed by atoms with Gasteiger partial charge in [0.15, 0.2) is 5.65 Å². The summed E-state index contributed by atoms with van der Waals surface area (Å²) >= 11 is 0. The van der Waals surface area contributed by atoms with E-state index in [-0.39, 0.29) is 17.8 Å². The third kappa shape index (κ3) is 5.41. The molecule has 10 heteroatoms. The van der Waals surface area contributed by atoms with Crippen molar-refractivity contribution in [3.8, 4) is 5.75 Å². The highest BCUT2D eigenvalue weighted by Gasteiger charge is 2.28. The molecule has 2 atom stereocenters. The van der Waals surface area contributed by atoms with Gasteiger partial charge in [-0.3, -0.25) is 0 Å². The number of fused-ring (bicyclic) bond motifs is 1. The first-order chi connectivity index (χ1) is 12.7. The Kier molecular flexibility index (Phi) is 5.33. The standard InChI is InChI=1S/C17H23F2N5O3/c1-17(2,3)27-16(25)21-11-5-4-10(8-11)20-15-22-13-9-12(26-14(18)19)6-7-24(13)23-15/h6-7,9-11,14H,4-5,8H2,1-3H3,(H,20,23)(H,21,25)/t10-,11-/m0/s1. The summed E-state index contributed by atoms with van der Waals surface area (Å²) in [7, 11) is 0. The second kappa shape index (κ2) is 7.53. The van der Waals surface area contributed by atoms with Crippen molar-refractivity contribution in [2.24, 2.45) is 0 Å². The third-order valence-corrected chi connectivity index (χ3v) is 4.02. The quantitative estimate of drug-likeness (QED) is 0.824. The summed E-state index contributed by atoms with van der Waals surface area (Å²) in [4.78, 5) is 16.1. The van der Waals surface area contributed by atoms with E-state index in [0.717, 1.165) is 12.8 Å². The van der Waals surface area contributed by atoms with Crippen LogP contribution in [-0.4, -0.2) is 45.0 Å². The lowest BCUT2D eigenvalue weighted by Crippen LogP contribution is -2.38. The lowest BCUT2D eigenvalue weighted by atomic mass is 10.2. The average molecular weight is 383 g/mol. The maximum absolute atomic E-state index is 12.3. The number of alkyl carbamates (subject to hydrolysis) is 1. The molecule has 0 spiro atoms. The molecule has 2 aromatic heterocycles. The van der Waals surface area contributed by atoms with Crippen LogP contribution in [0.4, 0.5) is 19.5 Å². The molecule has 1 aliphatic rings. The molecule has 2 N–H and O–H groups in total. The topological polar surface area (TPSA) is 89.8 Å². The van der Waals surface area contributed by atoms with Crippen LogP contribution in [0.15, 0.2) is 18.3 Å². The molecule has 1 amide bonds. The molecule has 1 aliphatic carbocycles. The van der Waals surface area contributed by atoms with Crippen LogP contribution in [0, 0.1) is 0 Å². The van der Waals surface area contributed by atoms with Gasteiger partial charge in [-0.25, -0.2) is 9.31 Å². The summed E-state index contributed by atoms with van der Waals surface area (Å²) in [6.45, 7) is 2.57. The molecular formula is C17H23F2N5O3. The molecule has 2 heterocycles. The van der Waals surface area contributed by atoms with E-state index in [4.69, 9.17) is 4.74 Å². The van der Waals surface area contributed by atoms with E-state index in [1.54, 1.807) is 0 Å². The number of hydrogen-bond acceptors (Lipinski definition) is 6. The molecule has 0 radical (unpaired) electrons. The number of carbonyl (C=O) groups is 1. The molecule has 0 bridgehead atoms. The molecule has 27 heavy (non-hydrogen) atoms. The molecule has 1 fully saturated rings. The van der Waals surface area contributed by atoms with Crippen molar-refractivity contribution >= 4 is 17.7 Å². The summed E-state index contributed by atoms with van der Waals surface area (Å²) in [5.41, 5.74) is -0.134. The number of alkyl halides is 2. The zero-order valence-corrected chi connectivity index (χ0v) is 15.4. The van der Waals surface area contributed by atoms with Gasteiger partial charge in [0.2, 0.25) is 5.95 Å². The van der Waals surface area contributed by atoms with E-state index in [1.165, 1.54) is 22.8 Å². The molecule has 2 aromatic rings. The van der Waals surface area contributed by atoms with Gasteiger partial charge in [-0.2, -0.15) is 13.8 Å². The number of nitrogens with zero attached hydrogens (tertiary/aromatic N) is 3. The Morgan fingerprint density at radius 2 is 2.07 bits per heavy atom.